The fourth-order valence-electron chi connectivity index (χ4n) is 2.05. The third-order valence-corrected chi connectivity index (χ3v) is 4.15. The van der Waals surface area contributed by atoms with Crippen LogP contribution in [0.1, 0.15) is 24.0 Å². The molecule has 1 amide bonds. The molecule has 98 valence electrons. The molecule has 0 radical (unpaired) electrons. The number of carbonyl (C=O) groups is 1. The van der Waals surface area contributed by atoms with E-state index in [0.717, 1.165) is 37.2 Å². The molecule has 18 heavy (non-hydrogen) atoms. The third kappa shape index (κ3) is 3.75. The molecular weight excluding hydrogens is 246 g/mol. The van der Waals surface area contributed by atoms with E-state index in [1.807, 2.05) is 29.2 Å². The van der Waals surface area contributed by atoms with Crippen molar-refractivity contribution in [2.75, 3.05) is 18.8 Å². The Labute approximate surface area is 112 Å². The summed E-state index contributed by atoms with van der Waals surface area (Å²) in [6.45, 7) is 1.95. The molecule has 0 aromatic heterocycles. The van der Waals surface area contributed by atoms with Gasteiger partial charge in [0, 0.05) is 18.8 Å². The Kier molecular flexibility index (Phi) is 5.08. The Morgan fingerprint density at radius 1 is 1.17 bits per heavy atom. The van der Waals surface area contributed by atoms with Crippen LogP contribution in [0.15, 0.2) is 24.3 Å². The van der Waals surface area contributed by atoms with E-state index in [2.05, 4.69) is 0 Å². The van der Waals surface area contributed by atoms with Gasteiger partial charge < -0.3 is 10.0 Å². The number of benzene rings is 1. The van der Waals surface area contributed by atoms with Crippen LogP contribution >= 0.6 is 11.8 Å². The van der Waals surface area contributed by atoms with Crippen LogP contribution < -0.4 is 0 Å². The van der Waals surface area contributed by atoms with Gasteiger partial charge in [-0.1, -0.05) is 24.3 Å². The maximum absolute atomic E-state index is 11.8. The average Bonchev–Trinajstić information content (AvgIpc) is 2.93. The Balaban J connectivity index is 1.72. The molecule has 0 bridgehead atoms. The zero-order chi connectivity index (χ0) is 12.8. The molecule has 0 aliphatic carbocycles. The molecule has 1 saturated heterocycles. The van der Waals surface area contributed by atoms with Crippen molar-refractivity contribution in [2.45, 2.75) is 25.2 Å². The number of thioether (sulfide) groups is 1. The summed E-state index contributed by atoms with van der Waals surface area (Å²) in [7, 11) is 0. The summed E-state index contributed by atoms with van der Waals surface area (Å²) < 4.78 is 0. The summed E-state index contributed by atoms with van der Waals surface area (Å²) in [5.41, 5.74) is 2.13. The van der Waals surface area contributed by atoms with Crippen molar-refractivity contribution in [2.24, 2.45) is 0 Å². The minimum atomic E-state index is 0.0842. The molecule has 0 saturated carbocycles. The van der Waals surface area contributed by atoms with E-state index in [-0.39, 0.29) is 12.5 Å². The van der Waals surface area contributed by atoms with Crippen molar-refractivity contribution in [3.63, 3.8) is 0 Å². The average molecular weight is 265 g/mol. The van der Waals surface area contributed by atoms with Gasteiger partial charge in [0.05, 0.1) is 12.4 Å². The summed E-state index contributed by atoms with van der Waals surface area (Å²) in [5, 5.41) is 8.94. The quantitative estimate of drug-likeness (QED) is 0.885. The summed E-state index contributed by atoms with van der Waals surface area (Å²) in [6, 6.07) is 7.88. The first-order valence-corrected chi connectivity index (χ1v) is 7.49. The van der Waals surface area contributed by atoms with Gasteiger partial charge in [-0.15, -0.1) is 11.8 Å². The second-order valence-electron chi connectivity index (χ2n) is 4.56. The summed E-state index contributed by atoms with van der Waals surface area (Å²) in [5.74, 6) is 1.69. The molecule has 2 rings (SSSR count). The molecule has 0 spiro atoms. The van der Waals surface area contributed by atoms with Crippen molar-refractivity contribution >= 4 is 17.7 Å². The molecule has 1 aliphatic rings. The third-order valence-electron chi connectivity index (χ3n) is 3.16. The van der Waals surface area contributed by atoms with Gasteiger partial charge in [0.25, 0.3) is 0 Å². The van der Waals surface area contributed by atoms with Gasteiger partial charge in [-0.05, 0) is 24.0 Å². The van der Waals surface area contributed by atoms with E-state index in [9.17, 15) is 4.79 Å². The van der Waals surface area contributed by atoms with Crippen LogP contribution in [0.3, 0.4) is 0 Å². The van der Waals surface area contributed by atoms with E-state index in [4.69, 9.17) is 5.11 Å². The zero-order valence-corrected chi connectivity index (χ0v) is 11.3. The number of aliphatic hydroxyl groups is 1. The number of amides is 1. The minimum absolute atomic E-state index is 0.0842. The highest BCUT2D eigenvalue weighted by molar-refractivity contribution is 7.99. The normalized spacial score (nSPS) is 15.1. The zero-order valence-electron chi connectivity index (χ0n) is 10.5. The lowest BCUT2D eigenvalue weighted by atomic mass is 10.2. The Hall–Kier alpha value is -1.00. The predicted molar refractivity (Wildman–Crippen MR) is 74.3 cm³/mol. The van der Waals surface area contributed by atoms with Crippen LogP contribution in [0, 0.1) is 0 Å². The number of carbonyl (C=O) groups excluding carboxylic acids is 1. The monoisotopic (exact) mass is 265 g/mol. The lowest BCUT2D eigenvalue weighted by Crippen LogP contribution is -2.29. The van der Waals surface area contributed by atoms with Gasteiger partial charge in [0.1, 0.15) is 0 Å². The molecule has 0 unspecified atom stereocenters. The Bertz CT molecular complexity index is 385. The molecule has 1 aromatic carbocycles. The molecule has 3 nitrogen and oxygen atoms in total. The molecule has 1 aliphatic heterocycles. The van der Waals surface area contributed by atoms with E-state index in [1.165, 1.54) is 5.56 Å². The summed E-state index contributed by atoms with van der Waals surface area (Å²) in [4.78, 5) is 13.8. The largest absolute Gasteiger partial charge is 0.392 e. The number of hydrogen-bond donors (Lipinski definition) is 1. The van der Waals surface area contributed by atoms with Crippen LogP contribution in [-0.4, -0.2) is 34.8 Å². The molecule has 4 heteroatoms. The van der Waals surface area contributed by atoms with Gasteiger partial charge >= 0.3 is 0 Å². The van der Waals surface area contributed by atoms with E-state index < -0.39 is 0 Å². The second kappa shape index (κ2) is 6.81. The van der Waals surface area contributed by atoms with Crippen LogP contribution in [0.5, 0.6) is 0 Å². The molecule has 0 atom stereocenters. The number of rotatable bonds is 5. The maximum atomic E-state index is 11.8. The van der Waals surface area contributed by atoms with E-state index in [0.29, 0.717) is 5.75 Å². The summed E-state index contributed by atoms with van der Waals surface area (Å²) in [6.07, 6.45) is 2.30. The van der Waals surface area contributed by atoms with Gasteiger partial charge in [0.2, 0.25) is 5.91 Å². The first kappa shape index (κ1) is 13.4. The van der Waals surface area contributed by atoms with Crippen molar-refractivity contribution in [3.05, 3.63) is 35.4 Å². The number of aliphatic hydroxyl groups excluding tert-OH is 1. The smallest absolute Gasteiger partial charge is 0.232 e. The van der Waals surface area contributed by atoms with Gasteiger partial charge in [0.15, 0.2) is 0 Å². The lowest BCUT2D eigenvalue weighted by molar-refractivity contribution is -0.127. The van der Waals surface area contributed by atoms with Crippen LogP contribution in [0.4, 0.5) is 0 Å². The fourth-order valence-corrected chi connectivity index (χ4v) is 2.94. The van der Waals surface area contributed by atoms with Crippen molar-refractivity contribution < 1.29 is 9.90 Å². The van der Waals surface area contributed by atoms with Crippen molar-refractivity contribution in [1.29, 1.82) is 0 Å². The SMILES string of the molecule is O=C(CSCc1ccc(CO)cc1)N1CCCC1. The molecule has 1 fully saturated rings. The fraction of sp³-hybridized carbons (Fsp3) is 0.500. The van der Waals surface area contributed by atoms with Crippen molar-refractivity contribution in [3.8, 4) is 0 Å². The maximum Gasteiger partial charge on any atom is 0.232 e. The Morgan fingerprint density at radius 3 is 2.39 bits per heavy atom. The van der Waals surface area contributed by atoms with Crippen LogP contribution in [0.2, 0.25) is 0 Å². The van der Waals surface area contributed by atoms with Gasteiger partial charge in [-0.25, -0.2) is 0 Å². The molecule has 1 aromatic rings. The Morgan fingerprint density at radius 2 is 1.78 bits per heavy atom. The van der Waals surface area contributed by atoms with E-state index in [1.54, 1.807) is 11.8 Å². The lowest BCUT2D eigenvalue weighted by Gasteiger charge is -2.14. The number of hydrogen-bond acceptors (Lipinski definition) is 3. The molecular formula is C14H19NO2S. The highest BCUT2D eigenvalue weighted by atomic mass is 32.2. The van der Waals surface area contributed by atoms with Crippen molar-refractivity contribution in [1.82, 2.24) is 4.90 Å². The number of likely N-dealkylation sites (tertiary alicyclic amines) is 1. The summed E-state index contributed by atoms with van der Waals surface area (Å²) >= 11 is 1.66. The standard InChI is InChI=1S/C14H19NO2S/c16-9-12-3-5-13(6-4-12)10-18-11-14(17)15-7-1-2-8-15/h3-6,16H,1-2,7-11H2. The highest BCUT2D eigenvalue weighted by Crippen LogP contribution is 2.15. The van der Waals surface area contributed by atoms with Gasteiger partial charge in [-0.2, -0.15) is 0 Å². The van der Waals surface area contributed by atoms with E-state index >= 15 is 0 Å². The van der Waals surface area contributed by atoms with Crippen LogP contribution in [0.25, 0.3) is 0 Å². The van der Waals surface area contributed by atoms with Gasteiger partial charge in [-0.3, -0.25) is 4.79 Å². The first-order chi connectivity index (χ1) is 8.79. The topological polar surface area (TPSA) is 40.5 Å². The minimum Gasteiger partial charge on any atom is -0.392 e. The second-order valence-corrected chi connectivity index (χ2v) is 5.54. The predicted octanol–water partition coefficient (Wildman–Crippen LogP) is 2.03. The molecule has 1 heterocycles. The first-order valence-electron chi connectivity index (χ1n) is 6.34. The van der Waals surface area contributed by atoms with Crippen LogP contribution in [-0.2, 0) is 17.2 Å². The molecule has 1 N–H and O–H groups in total. The highest BCUT2D eigenvalue weighted by Gasteiger charge is 2.17. The number of nitrogens with zero attached hydrogens (tertiary/aromatic N) is 1.